The highest BCUT2D eigenvalue weighted by atomic mass is 19.4. The molecular formula is C38H27F4N3O3. The number of aromatic carboxylic acids is 1. The number of hydrogen-bond donors (Lipinski definition) is 2. The molecule has 0 bridgehead atoms. The number of carbonyl (C=O) groups excluding carboxylic acids is 1. The molecule has 2 aromatic heterocycles. The average Bonchev–Trinajstić information content (AvgIpc) is 3.75. The lowest BCUT2D eigenvalue weighted by molar-refractivity contribution is -0.137. The predicted molar refractivity (Wildman–Crippen MR) is 173 cm³/mol. The van der Waals surface area contributed by atoms with Crippen molar-refractivity contribution < 1.29 is 32.3 Å². The van der Waals surface area contributed by atoms with Gasteiger partial charge in [0.05, 0.1) is 27.7 Å². The molecule has 1 aliphatic carbocycles. The largest absolute Gasteiger partial charge is 0.478 e. The van der Waals surface area contributed by atoms with Crippen LogP contribution in [0.4, 0.5) is 17.6 Å². The van der Waals surface area contributed by atoms with E-state index in [1.165, 1.54) is 18.2 Å². The second-order valence-electron chi connectivity index (χ2n) is 12.0. The van der Waals surface area contributed by atoms with Gasteiger partial charge in [0, 0.05) is 30.5 Å². The number of nitrogens with zero attached hydrogens (tertiary/aromatic N) is 2. The van der Waals surface area contributed by atoms with Crippen molar-refractivity contribution in [3.63, 3.8) is 0 Å². The third kappa shape index (κ3) is 6.04. The van der Waals surface area contributed by atoms with Crippen LogP contribution in [0.25, 0.3) is 33.2 Å². The maximum atomic E-state index is 14.5. The van der Waals surface area contributed by atoms with Gasteiger partial charge in [-0.25, -0.2) is 9.18 Å². The Morgan fingerprint density at radius 1 is 0.854 bits per heavy atom. The zero-order valence-electron chi connectivity index (χ0n) is 25.3. The number of rotatable bonds is 8. The highest BCUT2D eigenvalue weighted by molar-refractivity contribution is 6.08. The van der Waals surface area contributed by atoms with Crippen molar-refractivity contribution in [1.29, 1.82) is 0 Å². The Hall–Kier alpha value is -5.77. The first-order valence-electron chi connectivity index (χ1n) is 15.2. The minimum atomic E-state index is -4.76. The summed E-state index contributed by atoms with van der Waals surface area (Å²) in [4.78, 5) is 29.7. The third-order valence-corrected chi connectivity index (χ3v) is 8.75. The van der Waals surface area contributed by atoms with Crippen LogP contribution in [0.15, 0.2) is 116 Å². The van der Waals surface area contributed by atoms with E-state index in [2.05, 4.69) is 10.3 Å². The predicted octanol–water partition coefficient (Wildman–Crippen LogP) is 8.69. The zero-order valence-corrected chi connectivity index (χ0v) is 25.3. The summed E-state index contributed by atoms with van der Waals surface area (Å²) >= 11 is 0. The maximum absolute atomic E-state index is 14.5. The van der Waals surface area contributed by atoms with Gasteiger partial charge in [-0.3, -0.25) is 9.78 Å². The molecule has 1 fully saturated rings. The van der Waals surface area contributed by atoms with E-state index in [1.807, 2.05) is 47.2 Å². The molecule has 4 aromatic carbocycles. The Labute approximate surface area is 272 Å². The lowest BCUT2D eigenvalue weighted by atomic mass is 9.97. The van der Waals surface area contributed by atoms with Gasteiger partial charge in [0.15, 0.2) is 0 Å². The fourth-order valence-corrected chi connectivity index (χ4v) is 6.10. The van der Waals surface area contributed by atoms with E-state index in [0.29, 0.717) is 36.4 Å². The van der Waals surface area contributed by atoms with Gasteiger partial charge in [0.1, 0.15) is 5.82 Å². The molecule has 1 amide bonds. The number of nitrogens with one attached hydrogen (secondary N) is 1. The summed E-state index contributed by atoms with van der Waals surface area (Å²) in [6, 6.07) is 25.3. The summed E-state index contributed by atoms with van der Waals surface area (Å²) in [5.74, 6) is -2.56. The van der Waals surface area contributed by atoms with E-state index < -0.39 is 35.0 Å². The summed E-state index contributed by atoms with van der Waals surface area (Å²) < 4.78 is 57.2. The van der Waals surface area contributed by atoms with Crippen LogP contribution < -0.4 is 5.32 Å². The molecule has 2 N–H and O–H groups in total. The van der Waals surface area contributed by atoms with E-state index in [0.717, 1.165) is 34.4 Å². The average molecular weight is 650 g/mol. The van der Waals surface area contributed by atoms with Crippen LogP contribution in [0, 0.1) is 5.82 Å². The molecule has 6 nitrogen and oxygen atoms in total. The summed E-state index contributed by atoms with van der Waals surface area (Å²) in [5.41, 5.74) is 2.96. The van der Waals surface area contributed by atoms with Gasteiger partial charge < -0.3 is 15.0 Å². The summed E-state index contributed by atoms with van der Waals surface area (Å²) in [6.45, 7) is 0.399. The quantitative estimate of drug-likeness (QED) is 0.162. The molecule has 1 aliphatic rings. The van der Waals surface area contributed by atoms with E-state index in [4.69, 9.17) is 0 Å². The second kappa shape index (κ2) is 11.8. The Kier molecular flexibility index (Phi) is 7.58. The molecular weight excluding hydrogens is 622 g/mol. The first kappa shape index (κ1) is 30.9. The molecule has 0 saturated heterocycles. The number of carbonyl (C=O) groups is 2. The summed E-state index contributed by atoms with van der Waals surface area (Å²) in [7, 11) is 0. The number of carboxylic acids is 1. The first-order valence-corrected chi connectivity index (χ1v) is 15.2. The van der Waals surface area contributed by atoms with E-state index in [9.17, 15) is 32.3 Å². The van der Waals surface area contributed by atoms with Crippen LogP contribution in [-0.2, 0) is 18.3 Å². The molecule has 6 aromatic rings. The molecule has 10 heteroatoms. The number of carboxylic acid groups (broad SMARTS) is 1. The van der Waals surface area contributed by atoms with E-state index >= 15 is 0 Å². The standard InChI is InChI=1S/C38H27F4N3O3/c39-32-18-29(17-31(20-32)38(40,41)42)28-16-26-11-15-45(22-23-3-5-24(6-4-23)27-2-1-14-43-21-27)34(26)33(19-28)35(46)44-37(12-13-37)30-9-7-25(8-10-30)36(47)48/h1-11,14-21H,12-13,22H2,(H,44,46)(H,47,48). The van der Waals surface area contributed by atoms with Crippen molar-refractivity contribution in [3.8, 4) is 22.3 Å². The lowest BCUT2D eigenvalue weighted by Gasteiger charge is -2.20. The normalized spacial score (nSPS) is 13.8. The van der Waals surface area contributed by atoms with Gasteiger partial charge in [0.25, 0.3) is 5.91 Å². The second-order valence-corrected chi connectivity index (χ2v) is 12.0. The number of hydrogen-bond acceptors (Lipinski definition) is 3. The Balaban J connectivity index is 1.29. The molecule has 0 spiro atoms. The van der Waals surface area contributed by atoms with Crippen LogP contribution >= 0.6 is 0 Å². The van der Waals surface area contributed by atoms with Gasteiger partial charge in [-0.15, -0.1) is 0 Å². The molecule has 0 aliphatic heterocycles. The topological polar surface area (TPSA) is 84.2 Å². The SMILES string of the molecule is O=C(O)c1ccc(C2(NC(=O)c3cc(-c4cc(F)cc(C(F)(F)F)c4)cc4ccn(Cc5ccc(-c6cccnc6)cc5)c34)CC2)cc1. The smallest absolute Gasteiger partial charge is 0.416 e. The first-order chi connectivity index (χ1) is 23.0. The summed E-state index contributed by atoms with van der Waals surface area (Å²) in [5, 5.41) is 13.0. The van der Waals surface area contributed by atoms with Crippen molar-refractivity contribution in [2.75, 3.05) is 0 Å². The van der Waals surface area contributed by atoms with Gasteiger partial charge in [-0.1, -0.05) is 42.5 Å². The van der Waals surface area contributed by atoms with Crippen molar-refractivity contribution in [2.45, 2.75) is 31.1 Å². The minimum absolute atomic E-state index is 0.0117. The van der Waals surface area contributed by atoms with Crippen molar-refractivity contribution in [3.05, 3.63) is 149 Å². The molecule has 0 unspecified atom stereocenters. The Morgan fingerprint density at radius 2 is 1.58 bits per heavy atom. The highest BCUT2D eigenvalue weighted by Gasteiger charge is 2.46. The number of amides is 1. The molecule has 0 radical (unpaired) electrons. The van der Waals surface area contributed by atoms with Crippen LogP contribution in [0.1, 0.15) is 50.2 Å². The van der Waals surface area contributed by atoms with Gasteiger partial charge in [0.2, 0.25) is 0 Å². The maximum Gasteiger partial charge on any atom is 0.416 e. The van der Waals surface area contributed by atoms with E-state index in [-0.39, 0.29) is 22.3 Å². The number of pyridine rings is 1. The van der Waals surface area contributed by atoms with Crippen molar-refractivity contribution in [1.82, 2.24) is 14.9 Å². The molecule has 48 heavy (non-hydrogen) atoms. The fraction of sp³-hybridized carbons (Fsp3) is 0.132. The third-order valence-electron chi connectivity index (χ3n) is 8.75. The molecule has 240 valence electrons. The zero-order chi connectivity index (χ0) is 33.6. The number of halogens is 4. The van der Waals surface area contributed by atoms with Crippen molar-refractivity contribution >= 4 is 22.8 Å². The van der Waals surface area contributed by atoms with Crippen LogP contribution in [0.5, 0.6) is 0 Å². The summed E-state index contributed by atoms with van der Waals surface area (Å²) in [6.07, 6.45) is 1.78. The molecule has 1 saturated carbocycles. The Morgan fingerprint density at radius 3 is 2.23 bits per heavy atom. The van der Waals surface area contributed by atoms with Crippen LogP contribution in [0.3, 0.4) is 0 Å². The van der Waals surface area contributed by atoms with Gasteiger partial charge >= 0.3 is 12.1 Å². The molecule has 0 atom stereocenters. The highest BCUT2D eigenvalue weighted by Crippen LogP contribution is 2.46. The van der Waals surface area contributed by atoms with Crippen LogP contribution in [0.2, 0.25) is 0 Å². The van der Waals surface area contributed by atoms with Gasteiger partial charge in [-0.2, -0.15) is 13.2 Å². The van der Waals surface area contributed by atoms with Crippen molar-refractivity contribution in [2.24, 2.45) is 0 Å². The number of aromatic nitrogens is 2. The lowest BCUT2D eigenvalue weighted by Crippen LogP contribution is -2.35. The van der Waals surface area contributed by atoms with Crippen LogP contribution in [-0.4, -0.2) is 26.5 Å². The molecule has 7 rings (SSSR count). The van der Waals surface area contributed by atoms with Gasteiger partial charge in [-0.05, 0) is 101 Å². The number of benzene rings is 4. The number of fused-ring (bicyclic) bond motifs is 1. The van der Waals surface area contributed by atoms with E-state index in [1.54, 1.807) is 36.7 Å². The Bertz CT molecular complexity index is 2170. The monoisotopic (exact) mass is 649 g/mol. The minimum Gasteiger partial charge on any atom is -0.478 e. The fourth-order valence-electron chi connectivity index (χ4n) is 6.10. The molecule has 2 heterocycles. The number of alkyl halides is 3.